The normalized spacial score (nSPS) is 33.6. The third-order valence-electron chi connectivity index (χ3n) is 6.17. The number of carbonyl (C=O) groups is 1. The number of hydrogen-bond acceptors (Lipinski definition) is 4. The Morgan fingerprint density at radius 3 is 2.70 bits per heavy atom. The fraction of sp³-hybridized carbons (Fsp3) is 0.944. The molecule has 1 saturated carbocycles. The molecule has 3 rings (SSSR count). The van der Waals surface area contributed by atoms with E-state index in [1.807, 2.05) is 0 Å². The van der Waals surface area contributed by atoms with E-state index in [1.54, 1.807) is 0 Å². The van der Waals surface area contributed by atoms with Gasteiger partial charge in [0.05, 0.1) is 13.2 Å². The Balaban J connectivity index is 1.68. The lowest BCUT2D eigenvalue weighted by Gasteiger charge is -2.42. The minimum Gasteiger partial charge on any atom is -0.468 e. The first-order valence-electron chi connectivity index (χ1n) is 9.62. The molecule has 3 aliphatic rings. The van der Waals surface area contributed by atoms with Crippen molar-refractivity contribution in [1.29, 1.82) is 0 Å². The summed E-state index contributed by atoms with van der Waals surface area (Å²) in [6, 6.07) is 1.15. The van der Waals surface area contributed by atoms with Crippen molar-refractivity contribution in [2.75, 3.05) is 33.4 Å². The minimum atomic E-state index is -0.0268. The van der Waals surface area contributed by atoms with Crippen molar-refractivity contribution in [3.8, 4) is 0 Å². The second kappa shape index (κ2) is 7.95. The number of methoxy groups -OCH3 is 1. The van der Waals surface area contributed by atoms with Crippen LogP contribution in [0.5, 0.6) is 0 Å². The van der Waals surface area contributed by atoms with Crippen molar-refractivity contribution < 1.29 is 14.8 Å². The number of esters is 1. The summed E-state index contributed by atoms with van der Waals surface area (Å²) < 4.78 is 5.12. The van der Waals surface area contributed by atoms with Crippen LogP contribution < -0.4 is 5.32 Å². The maximum atomic E-state index is 12.3. The molecule has 23 heavy (non-hydrogen) atoms. The highest BCUT2D eigenvalue weighted by molar-refractivity contribution is 5.75. The number of carbonyl (C=O) groups excluding carboxylic acids is 1. The van der Waals surface area contributed by atoms with Gasteiger partial charge in [-0.05, 0) is 25.2 Å². The molecule has 1 aliphatic carbocycles. The van der Waals surface area contributed by atoms with Gasteiger partial charge in [-0.25, -0.2) is 4.90 Å². The highest BCUT2D eigenvalue weighted by atomic mass is 16.5. The molecule has 3 atom stereocenters. The van der Waals surface area contributed by atoms with Crippen molar-refractivity contribution in [2.24, 2.45) is 5.92 Å². The fourth-order valence-corrected chi connectivity index (χ4v) is 4.94. The van der Waals surface area contributed by atoms with Gasteiger partial charge in [-0.15, -0.1) is 0 Å². The number of nitrogens with two attached hydrogens (primary N) is 1. The maximum absolute atomic E-state index is 12.3. The van der Waals surface area contributed by atoms with E-state index >= 15 is 0 Å². The molecule has 0 aromatic rings. The van der Waals surface area contributed by atoms with E-state index < -0.39 is 0 Å². The van der Waals surface area contributed by atoms with Crippen LogP contribution in [0.25, 0.3) is 0 Å². The first kappa shape index (κ1) is 17.2. The summed E-state index contributed by atoms with van der Waals surface area (Å²) in [5.74, 6) is 0.749. The van der Waals surface area contributed by atoms with Gasteiger partial charge in [-0.3, -0.25) is 9.69 Å². The number of likely N-dealkylation sites (tertiary alicyclic amines) is 1. The van der Waals surface area contributed by atoms with Crippen LogP contribution in [0, 0.1) is 5.92 Å². The zero-order valence-corrected chi connectivity index (χ0v) is 14.9. The van der Waals surface area contributed by atoms with E-state index in [2.05, 4.69) is 22.0 Å². The van der Waals surface area contributed by atoms with Crippen molar-refractivity contribution in [3.05, 3.63) is 0 Å². The predicted molar refractivity (Wildman–Crippen MR) is 89.9 cm³/mol. The number of rotatable bonds is 5. The van der Waals surface area contributed by atoms with Crippen molar-refractivity contribution in [1.82, 2.24) is 9.80 Å². The molecule has 0 radical (unpaired) electrons. The lowest BCUT2D eigenvalue weighted by Crippen LogP contribution is -2.89. The van der Waals surface area contributed by atoms with E-state index in [0.29, 0.717) is 12.1 Å². The van der Waals surface area contributed by atoms with Gasteiger partial charge >= 0.3 is 5.97 Å². The number of hydrogen-bond donors (Lipinski definition) is 1. The average molecular weight is 324 g/mol. The van der Waals surface area contributed by atoms with Crippen LogP contribution in [0.2, 0.25) is 0 Å². The van der Waals surface area contributed by atoms with Gasteiger partial charge in [0.25, 0.3) is 0 Å². The van der Waals surface area contributed by atoms with Gasteiger partial charge in [0.2, 0.25) is 0 Å². The third kappa shape index (κ3) is 3.89. The summed E-state index contributed by atoms with van der Waals surface area (Å²) >= 11 is 0. The average Bonchev–Trinajstić information content (AvgIpc) is 2.97. The smallest absolute Gasteiger partial charge is 0.323 e. The van der Waals surface area contributed by atoms with E-state index in [1.165, 1.54) is 52.2 Å². The molecule has 132 valence electrons. The summed E-state index contributed by atoms with van der Waals surface area (Å²) in [4.78, 5) is 17.4. The second-order valence-corrected chi connectivity index (χ2v) is 7.69. The summed E-state index contributed by atoms with van der Waals surface area (Å²) in [6.07, 6.45) is 8.95. The van der Waals surface area contributed by atoms with Crippen LogP contribution in [0.3, 0.4) is 0 Å². The van der Waals surface area contributed by atoms with E-state index in [9.17, 15) is 4.79 Å². The molecule has 0 bridgehead atoms. The second-order valence-electron chi connectivity index (χ2n) is 7.69. The molecule has 5 heteroatoms. The Labute approximate surface area is 140 Å². The van der Waals surface area contributed by atoms with Gasteiger partial charge in [0.1, 0.15) is 18.8 Å². The van der Waals surface area contributed by atoms with Gasteiger partial charge in [0.15, 0.2) is 0 Å². The fourth-order valence-electron chi connectivity index (χ4n) is 4.94. The molecule has 2 N–H and O–H groups in total. The van der Waals surface area contributed by atoms with Gasteiger partial charge in [-0.1, -0.05) is 26.2 Å². The molecule has 5 nitrogen and oxygen atoms in total. The number of fused-ring (bicyclic) bond motifs is 1. The van der Waals surface area contributed by atoms with Crippen LogP contribution in [0.15, 0.2) is 0 Å². The molecular formula is C18H34N3O2+. The largest absolute Gasteiger partial charge is 0.468 e. The molecule has 0 aromatic carbocycles. The Kier molecular flexibility index (Phi) is 5.94. The lowest BCUT2D eigenvalue weighted by atomic mass is 9.86. The van der Waals surface area contributed by atoms with Crippen LogP contribution >= 0.6 is 0 Å². The maximum Gasteiger partial charge on any atom is 0.323 e. The molecule has 0 amide bonds. The minimum absolute atomic E-state index is 0.0263. The highest BCUT2D eigenvalue weighted by Crippen LogP contribution is 2.29. The van der Waals surface area contributed by atoms with Crippen LogP contribution in [0.1, 0.15) is 51.9 Å². The Morgan fingerprint density at radius 1 is 1.22 bits per heavy atom. The van der Waals surface area contributed by atoms with Crippen molar-refractivity contribution in [2.45, 2.75) is 70.0 Å². The molecule has 3 fully saturated rings. The van der Waals surface area contributed by atoms with Crippen LogP contribution in [0.4, 0.5) is 0 Å². The zero-order valence-electron chi connectivity index (χ0n) is 14.9. The van der Waals surface area contributed by atoms with E-state index in [4.69, 9.17) is 4.74 Å². The zero-order chi connectivity index (χ0) is 16.2. The highest BCUT2D eigenvalue weighted by Gasteiger charge is 2.47. The summed E-state index contributed by atoms with van der Waals surface area (Å²) in [7, 11) is 1.54. The first-order valence-corrected chi connectivity index (χ1v) is 9.62. The molecule has 3 unspecified atom stereocenters. The lowest BCUT2D eigenvalue weighted by molar-refractivity contribution is -0.678. The first-order chi connectivity index (χ1) is 11.2. The van der Waals surface area contributed by atoms with Gasteiger partial charge < -0.3 is 10.1 Å². The van der Waals surface area contributed by atoms with Crippen LogP contribution in [-0.2, 0) is 9.53 Å². The molecule has 2 saturated heterocycles. The quantitative estimate of drug-likeness (QED) is 0.760. The monoisotopic (exact) mass is 324 g/mol. The van der Waals surface area contributed by atoms with Crippen molar-refractivity contribution >= 4 is 5.97 Å². The summed E-state index contributed by atoms with van der Waals surface area (Å²) in [5.41, 5.74) is 0. The number of ether oxygens (including phenoxy) is 1. The predicted octanol–water partition coefficient (Wildman–Crippen LogP) is 0.798. The van der Waals surface area contributed by atoms with E-state index in [0.717, 1.165) is 32.1 Å². The van der Waals surface area contributed by atoms with Crippen molar-refractivity contribution in [3.63, 3.8) is 0 Å². The molecule has 0 spiro atoms. The molecule has 2 aliphatic heterocycles. The molecule has 0 aromatic heterocycles. The third-order valence-corrected chi connectivity index (χ3v) is 6.17. The standard InChI is InChI=1S/C18H33N3O2/c1-3-9-20-13-19-15-10-16(18(22)23-2)21(12-17(15)20)11-14-7-5-4-6-8-14/h14-17,19H,3-13H2,1-2H3/p+1. The number of piperidine rings is 1. The summed E-state index contributed by atoms with van der Waals surface area (Å²) in [6.45, 7) is 6.65. The van der Waals surface area contributed by atoms with Crippen LogP contribution in [-0.4, -0.2) is 67.3 Å². The molecular weight excluding hydrogens is 290 g/mol. The Bertz CT molecular complexity index is 398. The Hall–Kier alpha value is -0.650. The topological polar surface area (TPSA) is 49.4 Å². The van der Waals surface area contributed by atoms with Gasteiger partial charge in [0, 0.05) is 26.1 Å². The number of nitrogens with zero attached hydrogens (tertiary/aromatic N) is 2. The van der Waals surface area contributed by atoms with Gasteiger partial charge in [-0.2, -0.15) is 0 Å². The Morgan fingerprint density at radius 2 is 2.00 bits per heavy atom. The number of quaternary nitrogens is 1. The molecule has 2 heterocycles. The van der Waals surface area contributed by atoms with E-state index in [-0.39, 0.29) is 12.0 Å². The SMILES string of the molecule is CCCN1C[NH2+]C2CC(C(=O)OC)N(CC3CCCCC3)CC21. The summed E-state index contributed by atoms with van der Waals surface area (Å²) in [5, 5.41) is 2.44.